The summed E-state index contributed by atoms with van der Waals surface area (Å²) in [4.78, 5) is 24.7. The summed E-state index contributed by atoms with van der Waals surface area (Å²) in [5.41, 5.74) is 0.613. The van der Waals surface area contributed by atoms with Crippen LogP contribution in [0.2, 0.25) is 5.02 Å². The highest BCUT2D eigenvalue weighted by atomic mass is 35.5. The number of carboxylic acid groups (broad SMARTS) is 1. The number of amides is 2. The average molecular weight is 297 g/mol. The number of likely N-dealkylation sites (tertiary alicyclic amines) is 1. The third-order valence-corrected chi connectivity index (χ3v) is 3.61. The van der Waals surface area contributed by atoms with E-state index in [1.54, 1.807) is 29.2 Å². The molecule has 1 aliphatic heterocycles. The number of hydrogen-bond donors (Lipinski definition) is 2. The van der Waals surface area contributed by atoms with E-state index < -0.39 is 5.97 Å². The predicted octanol–water partition coefficient (Wildman–Crippen LogP) is 3.20. The maximum Gasteiger partial charge on any atom is 0.322 e. The molecule has 5 nitrogen and oxygen atoms in total. The highest BCUT2D eigenvalue weighted by molar-refractivity contribution is 6.30. The number of hydrogen-bond acceptors (Lipinski definition) is 2. The van der Waals surface area contributed by atoms with Crippen molar-refractivity contribution in [3.05, 3.63) is 29.3 Å². The first-order valence-corrected chi connectivity index (χ1v) is 6.99. The summed E-state index contributed by atoms with van der Waals surface area (Å²) in [7, 11) is 0. The van der Waals surface area contributed by atoms with Gasteiger partial charge in [-0.2, -0.15) is 0 Å². The van der Waals surface area contributed by atoms with Gasteiger partial charge in [0.2, 0.25) is 0 Å². The summed E-state index contributed by atoms with van der Waals surface area (Å²) < 4.78 is 0. The Morgan fingerprint density at radius 1 is 1.40 bits per heavy atom. The molecule has 0 aromatic heterocycles. The quantitative estimate of drug-likeness (QED) is 0.900. The van der Waals surface area contributed by atoms with Crippen LogP contribution in [0.4, 0.5) is 10.5 Å². The number of halogens is 1. The Labute approximate surface area is 122 Å². The molecule has 2 amide bonds. The van der Waals surface area contributed by atoms with Crippen LogP contribution in [0.25, 0.3) is 0 Å². The molecular formula is C14H17ClN2O3. The first-order valence-electron chi connectivity index (χ1n) is 6.61. The number of piperidine rings is 1. The van der Waals surface area contributed by atoms with Crippen molar-refractivity contribution in [2.24, 2.45) is 0 Å². The second-order valence-corrected chi connectivity index (χ2v) is 5.32. The molecule has 0 radical (unpaired) electrons. The van der Waals surface area contributed by atoms with Crippen LogP contribution in [0.15, 0.2) is 24.3 Å². The van der Waals surface area contributed by atoms with E-state index in [0.717, 1.165) is 19.3 Å². The molecule has 1 fully saturated rings. The van der Waals surface area contributed by atoms with Crippen molar-refractivity contribution in [1.82, 2.24) is 4.90 Å². The van der Waals surface area contributed by atoms with Gasteiger partial charge in [0.15, 0.2) is 0 Å². The first-order chi connectivity index (χ1) is 9.56. The van der Waals surface area contributed by atoms with Crippen LogP contribution in [0.5, 0.6) is 0 Å². The molecule has 2 rings (SSSR count). The van der Waals surface area contributed by atoms with E-state index >= 15 is 0 Å². The first kappa shape index (κ1) is 14.7. The fourth-order valence-corrected chi connectivity index (χ4v) is 2.63. The molecule has 1 saturated heterocycles. The molecule has 6 heteroatoms. The molecule has 0 saturated carbocycles. The molecule has 1 aliphatic rings. The number of carboxylic acids is 1. The van der Waals surface area contributed by atoms with E-state index in [0.29, 0.717) is 17.3 Å². The van der Waals surface area contributed by atoms with Gasteiger partial charge in [0.05, 0.1) is 6.42 Å². The zero-order valence-electron chi connectivity index (χ0n) is 11.0. The SMILES string of the molecule is O=C(O)CC1CCCCN1C(=O)Nc1cccc(Cl)c1. The number of benzene rings is 1. The molecule has 0 spiro atoms. The Morgan fingerprint density at radius 3 is 2.90 bits per heavy atom. The van der Waals surface area contributed by atoms with Crippen molar-refractivity contribution >= 4 is 29.3 Å². The molecule has 20 heavy (non-hydrogen) atoms. The Hall–Kier alpha value is -1.75. The lowest BCUT2D eigenvalue weighted by molar-refractivity contribution is -0.138. The number of anilines is 1. The van der Waals surface area contributed by atoms with Crippen LogP contribution in [0.1, 0.15) is 25.7 Å². The highest BCUT2D eigenvalue weighted by Gasteiger charge is 2.28. The topological polar surface area (TPSA) is 69.6 Å². The summed E-state index contributed by atoms with van der Waals surface area (Å²) in [6.07, 6.45) is 2.58. The van der Waals surface area contributed by atoms with Crippen LogP contribution in [-0.2, 0) is 4.79 Å². The number of urea groups is 1. The van der Waals surface area contributed by atoms with Crippen molar-refractivity contribution in [3.63, 3.8) is 0 Å². The van der Waals surface area contributed by atoms with Gasteiger partial charge in [-0.15, -0.1) is 0 Å². The molecule has 0 bridgehead atoms. The van der Waals surface area contributed by atoms with E-state index in [4.69, 9.17) is 16.7 Å². The molecule has 1 unspecified atom stereocenters. The van der Waals surface area contributed by atoms with E-state index in [2.05, 4.69) is 5.32 Å². The van der Waals surface area contributed by atoms with E-state index in [9.17, 15) is 9.59 Å². The van der Waals surface area contributed by atoms with Crippen LogP contribution in [0.3, 0.4) is 0 Å². The summed E-state index contributed by atoms with van der Waals surface area (Å²) in [5.74, 6) is -0.877. The number of rotatable bonds is 3. The van der Waals surface area contributed by atoms with Crippen molar-refractivity contribution in [2.75, 3.05) is 11.9 Å². The van der Waals surface area contributed by atoms with E-state index in [-0.39, 0.29) is 18.5 Å². The van der Waals surface area contributed by atoms with E-state index in [1.165, 1.54) is 0 Å². The molecule has 1 aromatic rings. The minimum absolute atomic E-state index is 0.0109. The number of nitrogens with zero attached hydrogens (tertiary/aromatic N) is 1. The second kappa shape index (κ2) is 6.61. The third-order valence-electron chi connectivity index (χ3n) is 3.37. The Bertz CT molecular complexity index is 507. The van der Waals surface area contributed by atoms with Gasteiger partial charge in [-0.25, -0.2) is 4.79 Å². The molecule has 2 N–H and O–H groups in total. The fraction of sp³-hybridized carbons (Fsp3) is 0.429. The number of nitrogens with one attached hydrogen (secondary N) is 1. The summed E-state index contributed by atoms with van der Waals surface area (Å²) >= 11 is 5.87. The summed E-state index contributed by atoms with van der Waals surface area (Å²) in [6, 6.07) is 6.39. The molecule has 1 heterocycles. The lowest BCUT2D eigenvalue weighted by Gasteiger charge is -2.34. The van der Waals surface area contributed by atoms with Gasteiger partial charge in [0, 0.05) is 23.3 Å². The molecular weight excluding hydrogens is 280 g/mol. The van der Waals surface area contributed by atoms with Crippen molar-refractivity contribution in [1.29, 1.82) is 0 Å². The van der Waals surface area contributed by atoms with Gasteiger partial charge >= 0.3 is 12.0 Å². The Balaban J connectivity index is 2.04. The minimum atomic E-state index is -0.877. The highest BCUT2D eigenvalue weighted by Crippen LogP contribution is 2.22. The fourth-order valence-electron chi connectivity index (χ4n) is 2.44. The third kappa shape index (κ3) is 3.87. The summed E-state index contributed by atoms with van der Waals surface area (Å²) in [6.45, 7) is 0.588. The van der Waals surface area contributed by atoms with Gasteiger partial charge in [-0.1, -0.05) is 17.7 Å². The lowest BCUT2D eigenvalue weighted by atomic mass is 10.00. The van der Waals surface area contributed by atoms with E-state index in [1.807, 2.05) is 0 Å². The molecule has 1 atom stereocenters. The Morgan fingerprint density at radius 2 is 2.20 bits per heavy atom. The zero-order valence-corrected chi connectivity index (χ0v) is 11.8. The molecule has 1 aromatic carbocycles. The largest absolute Gasteiger partial charge is 0.481 e. The normalized spacial score (nSPS) is 18.6. The van der Waals surface area contributed by atoms with Gasteiger partial charge in [-0.05, 0) is 37.5 Å². The number of aliphatic carboxylic acids is 1. The van der Waals surface area contributed by atoms with Crippen molar-refractivity contribution < 1.29 is 14.7 Å². The molecule has 108 valence electrons. The monoisotopic (exact) mass is 296 g/mol. The van der Waals surface area contributed by atoms with Crippen LogP contribution in [-0.4, -0.2) is 34.6 Å². The predicted molar refractivity (Wildman–Crippen MR) is 77.1 cm³/mol. The van der Waals surface area contributed by atoms with Gasteiger partial charge in [0.1, 0.15) is 0 Å². The lowest BCUT2D eigenvalue weighted by Crippen LogP contribution is -2.46. The van der Waals surface area contributed by atoms with Crippen LogP contribution < -0.4 is 5.32 Å². The Kier molecular flexibility index (Phi) is 4.84. The maximum atomic E-state index is 12.2. The second-order valence-electron chi connectivity index (χ2n) is 4.88. The maximum absolute atomic E-state index is 12.2. The summed E-state index contributed by atoms with van der Waals surface area (Å²) in [5, 5.41) is 12.2. The zero-order chi connectivity index (χ0) is 14.5. The smallest absolute Gasteiger partial charge is 0.322 e. The van der Waals surface area contributed by atoms with Gasteiger partial charge in [0.25, 0.3) is 0 Å². The van der Waals surface area contributed by atoms with Gasteiger partial charge < -0.3 is 15.3 Å². The number of carbonyl (C=O) groups is 2. The standard InChI is InChI=1S/C14H17ClN2O3/c15-10-4-3-5-11(8-10)16-14(20)17-7-2-1-6-12(17)9-13(18)19/h3-5,8,12H,1-2,6-7,9H2,(H,16,20)(H,18,19). The number of carbonyl (C=O) groups excluding carboxylic acids is 1. The van der Waals surface area contributed by atoms with Crippen LogP contribution >= 0.6 is 11.6 Å². The van der Waals surface area contributed by atoms with Crippen molar-refractivity contribution in [3.8, 4) is 0 Å². The van der Waals surface area contributed by atoms with Gasteiger partial charge in [-0.3, -0.25) is 4.79 Å². The minimum Gasteiger partial charge on any atom is -0.481 e. The average Bonchev–Trinajstić information content (AvgIpc) is 2.38. The van der Waals surface area contributed by atoms with Crippen LogP contribution in [0, 0.1) is 0 Å². The van der Waals surface area contributed by atoms with Crippen molar-refractivity contribution in [2.45, 2.75) is 31.7 Å². The molecule has 0 aliphatic carbocycles.